The lowest BCUT2D eigenvalue weighted by atomic mass is 10.1. The van der Waals surface area contributed by atoms with E-state index in [1.165, 1.54) is 31.2 Å². The summed E-state index contributed by atoms with van der Waals surface area (Å²) < 4.78 is 0. The van der Waals surface area contributed by atoms with Crippen LogP contribution in [0.5, 0.6) is 0 Å². The summed E-state index contributed by atoms with van der Waals surface area (Å²) in [5.41, 5.74) is 1.19. The Morgan fingerprint density at radius 1 is 1.38 bits per heavy atom. The number of unbranched alkanes of at least 4 members (excludes halogenated alkanes) is 1. The minimum Gasteiger partial charge on any atom is -0.310 e. The summed E-state index contributed by atoms with van der Waals surface area (Å²) in [4.78, 5) is 4.07. The second kappa shape index (κ2) is 7.64. The van der Waals surface area contributed by atoms with Crippen LogP contribution in [0, 0.1) is 0 Å². The van der Waals surface area contributed by atoms with Gasteiger partial charge in [-0.2, -0.15) is 0 Å². The molecule has 1 atom stereocenters. The van der Waals surface area contributed by atoms with E-state index in [4.69, 9.17) is 11.6 Å². The second-order valence-corrected chi connectivity index (χ2v) is 4.50. The number of nitrogens with zero attached hydrogens (tertiary/aromatic N) is 1. The molecule has 2 nitrogen and oxygen atoms in total. The Balaban J connectivity index is 2.34. The Hall–Kier alpha value is -0.600. The van der Waals surface area contributed by atoms with Gasteiger partial charge in [-0.3, -0.25) is 0 Å². The highest BCUT2D eigenvalue weighted by Gasteiger charge is 2.04. The summed E-state index contributed by atoms with van der Waals surface area (Å²) in [5.74, 6) is 0. The molecule has 0 radical (unpaired) electrons. The predicted octanol–water partition coefficient (Wildman–Crippen LogP) is 3.79. The van der Waals surface area contributed by atoms with Gasteiger partial charge in [0.2, 0.25) is 0 Å². The molecule has 1 rings (SSSR count). The molecule has 0 aliphatic heterocycles. The molecule has 0 fully saturated rings. The second-order valence-electron chi connectivity index (χ2n) is 4.12. The van der Waals surface area contributed by atoms with Gasteiger partial charge in [-0.25, -0.2) is 4.98 Å². The van der Waals surface area contributed by atoms with Crippen molar-refractivity contribution in [3.05, 3.63) is 29.0 Å². The van der Waals surface area contributed by atoms with Crippen molar-refractivity contribution in [1.82, 2.24) is 10.3 Å². The number of hydrogen-bond acceptors (Lipinski definition) is 2. The Kier molecular flexibility index (Phi) is 6.43. The van der Waals surface area contributed by atoms with E-state index in [-0.39, 0.29) is 0 Å². The average molecular weight is 241 g/mol. The Bertz CT molecular complexity index is 284. The first kappa shape index (κ1) is 13.5. The largest absolute Gasteiger partial charge is 0.310 e. The van der Waals surface area contributed by atoms with Crippen LogP contribution in [-0.2, 0) is 6.54 Å². The number of rotatable bonds is 7. The normalized spacial score (nSPS) is 12.7. The first-order chi connectivity index (χ1) is 7.76. The number of pyridine rings is 1. The van der Waals surface area contributed by atoms with Gasteiger partial charge < -0.3 is 5.32 Å². The molecule has 1 heterocycles. The van der Waals surface area contributed by atoms with Crippen LogP contribution >= 0.6 is 11.6 Å². The van der Waals surface area contributed by atoms with E-state index in [0.717, 1.165) is 6.54 Å². The first-order valence-corrected chi connectivity index (χ1v) is 6.47. The number of halogens is 1. The average Bonchev–Trinajstić information content (AvgIpc) is 2.32. The molecular formula is C13H21ClN2. The molecule has 90 valence electrons. The van der Waals surface area contributed by atoms with Crippen LogP contribution in [0.4, 0.5) is 0 Å². The van der Waals surface area contributed by atoms with Gasteiger partial charge in [0, 0.05) is 18.8 Å². The molecule has 1 N–H and O–H groups in total. The van der Waals surface area contributed by atoms with E-state index < -0.39 is 0 Å². The number of nitrogens with one attached hydrogen (secondary N) is 1. The van der Waals surface area contributed by atoms with E-state index in [9.17, 15) is 0 Å². The van der Waals surface area contributed by atoms with Crippen molar-refractivity contribution in [2.24, 2.45) is 0 Å². The van der Waals surface area contributed by atoms with E-state index in [1.54, 1.807) is 0 Å². The Morgan fingerprint density at radius 3 is 2.75 bits per heavy atom. The zero-order chi connectivity index (χ0) is 11.8. The molecule has 3 heteroatoms. The molecule has 1 aromatic rings. The minimum atomic E-state index is 0.557. The van der Waals surface area contributed by atoms with Crippen LogP contribution in [0.1, 0.15) is 45.1 Å². The van der Waals surface area contributed by atoms with Crippen LogP contribution in [0.2, 0.25) is 5.15 Å². The molecular weight excluding hydrogens is 220 g/mol. The van der Waals surface area contributed by atoms with Gasteiger partial charge in [0.1, 0.15) is 5.15 Å². The lowest BCUT2D eigenvalue weighted by Gasteiger charge is -2.16. The van der Waals surface area contributed by atoms with Crippen molar-refractivity contribution in [3.63, 3.8) is 0 Å². The molecule has 0 spiro atoms. The maximum absolute atomic E-state index is 5.74. The third-order valence-corrected chi connectivity index (χ3v) is 3.01. The van der Waals surface area contributed by atoms with Crippen molar-refractivity contribution in [2.45, 2.75) is 52.1 Å². The minimum absolute atomic E-state index is 0.557. The smallest absolute Gasteiger partial charge is 0.129 e. The van der Waals surface area contributed by atoms with Gasteiger partial charge in [0.15, 0.2) is 0 Å². The maximum atomic E-state index is 5.74. The predicted molar refractivity (Wildman–Crippen MR) is 69.7 cm³/mol. The topological polar surface area (TPSA) is 24.9 Å². The van der Waals surface area contributed by atoms with E-state index in [1.807, 2.05) is 18.3 Å². The highest BCUT2D eigenvalue weighted by atomic mass is 35.5. The van der Waals surface area contributed by atoms with Crippen LogP contribution in [-0.4, -0.2) is 11.0 Å². The van der Waals surface area contributed by atoms with E-state index in [0.29, 0.717) is 11.2 Å². The summed E-state index contributed by atoms with van der Waals surface area (Å²) in [7, 11) is 0. The molecule has 0 saturated heterocycles. The van der Waals surface area contributed by atoms with Gasteiger partial charge in [-0.05, 0) is 24.5 Å². The molecule has 0 aromatic carbocycles. The van der Waals surface area contributed by atoms with Crippen LogP contribution in [0.25, 0.3) is 0 Å². The van der Waals surface area contributed by atoms with Gasteiger partial charge >= 0.3 is 0 Å². The Labute approximate surface area is 103 Å². The molecule has 1 unspecified atom stereocenters. The molecule has 0 bridgehead atoms. The lowest BCUT2D eigenvalue weighted by Crippen LogP contribution is -2.27. The van der Waals surface area contributed by atoms with Crippen LogP contribution in [0.15, 0.2) is 18.3 Å². The van der Waals surface area contributed by atoms with Crippen molar-refractivity contribution < 1.29 is 0 Å². The molecule has 0 aliphatic rings. The summed E-state index contributed by atoms with van der Waals surface area (Å²) in [6, 6.07) is 4.48. The number of aromatic nitrogens is 1. The fourth-order valence-electron chi connectivity index (χ4n) is 1.67. The highest BCUT2D eigenvalue weighted by molar-refractivity contribution is 6.29. The van der Waals surface area contributed by atoms with Crippen LogP contribution < -0.4 is 5.32 Å². The third-order valence-electron chi connectivity index (χ3n) is 2.78. The molecule has 0 saturated carbocycles. The van der Waals surface area contributed by atoms with E-state index >= 15 is 0 Å². The molecule has 0 amide bonds. The molecule has 16 heavy (non-hydrogen) atoms. The summed E-state index contributed by atoms with van der Waals surface area (Å²) in [5, 5.41) is 4.11. The van der Waals surface area contributed by atoms with Gasteiger partial charge in [-0.15, -0.1) is 0 Å². The zero-order valence-corrected chi connectivity index (χ0v) is 10.9. The number of hydrogen-bond donors (Lipinski definition) is 1. The van der Waals surface area contributed by atoms with Crippen LogP contribution in [0.3, 0.4) is 0 Å². The molecule has 1 aromatic heterocycles. The Morgan fingerprint density at radius 2 is 2.19 bits per heavy atom. The van der Waals surface area contributed by atoms with Crippen molar-refractivity contribution in [3.8, 4) is 0 Å². The van der Waals surface area contributed by atoms with Gasteiger partial charge in [0.25, 0.3) is 0 Å². The molecule has 0 aliphatic carbocycles. The summed E-state index contributed by atoms with van der Waals surface area (Å²) in [6.07, 6.45) is 6.84. The van der Waals surface area contributed by atoms with Crippen molar-refractivity contribution in [2.75, 3.05) is 0 Å². The summed E-state index contributed by atoms with van der Waals surface area (Å²) in [6.45, 7) is 5.34. The van der Waals surface area contributed by atoms with Crippen molar-refractivity contribution in [1.29, 1.82) is 0 Å². The quantitative estimate of drug-likeness (QED) is 0.734. The maximum Gasteiger partial charge on any atom is 0.129 e. The SMILES string of the molecule is CCCCC(CC)NCc1ccc(Cl)nc1. The van der Waals surface area contributed by atoms with Gasteiger partial charge in [0.05, 0.1) is 0 Å². The fourth-order valence-corrected chi connectivity index (χ4v) is 1.79. The van der Waals surface area contributed by atoms with Gasteiger partial charge in [-0.1, -0.05) is 44.4 Å². The summed E-state index contributed by atoms with van der Waals surface area (Å²) >= 11 is 5.74. The fraction of sp³-hybridized carbons (Fsp3) is 0.615. The standard InChI is InChI=1S/C13H21ClN2/c1-3-5-6-12(4-2)15-9-11-7-8-13(14)16-10-11/h7-8,10,12,15H,3-6,9H2,1-2H3. The first-order valence-electron chi connectivity index (χ1n) is 6.10. The monoisotopic (exact) mass is 240 g/mol. The van der Waals surface area contributed by atoms with E-state index in [2.05, 4.69) is 24.1 Å². The van der Waals surface area contributed by atoms with Crippen molar-refractivity contribution >= 4 is 11.6 Å². The lowest BCUT2D eigenvalue weighted by molar-refractivity contribution is 0.452. The zero-order valence-electron chi connectivity index (χ0n) is 10.2. The highest BCUT2D eigenvalue weighted by Crippen LogP contribution is 2.08. The third kappa shape index (κ3) is 4.95.